The van der Waals surface area contributed by atoms with Crippen LogP contribution < -0.4 is 0 Å². The van der Waals surface area contributed by atoms with E-state index in [0.717, 1.165) is 5.69 Å². The van der Waals surface area contributed by atoms with Gasteiger partial charge in [0.15, 0.2) is 0 Å². The molecule has 0 saturated heterocycles. The summed E-state index contributed by atoms with van der Waals surface area (Å²) in [6.07, 6.45) is 3.27. The Hall–Kier alpha value is -2.47. The number of hydrogen-bond donors (Lipinski definition) is 0. The number of benzene rings is 1. The van der Waals surface area contributed by atoms with Crippen molar-refractivity contribution in [1.82, 2.24) is 19.7 Å². The Bertz CT molecular complexity index is 806. The predicted octanol–water partition coefficient (Wildman–Crippen LogP) is 3.69. The number of rotatable bonds is 5. The maximum absolute atomic E-state index is 12.9. The monoisotopic (exact) mass is 340 g/mol. The van der Waals surface area contributed by atoms with E-state index in [1.54, 1.807) is 24.0 Å². The first-order chi connectivity index (χ1) is 11.6. The van der Waals surface area contributed by atoms with Crippen LogP contribution in [-0.4, -0.2) is 31.6 Å². The molecule has 0 bridgehead atoms. The summed E-state index contributed by atoms with van der Waals surface area (Å²) in [6, 6.07) is 9.76. The smallest absolute Gasteiger partial charge is 0.254 e. The Kier molecular flexibility index (Phi) is 4.76. The molecule has 0 unspecified atom stereocenters. The molecule has 2 heterocycles. The molecule has 3 rings (SSSR count). The molecule has 0 aliphatic rings. The zero-order chi connectivity index (χ0) is 17.1. The third-order valence-corrected chi connectivity index (χ3v) is 5.01. The first-order valence-corrected chi connectivity index (χ1v) is 8.73. The molecule has 3 aromatic rings. The summed E-state index contributed by atoms with van der Waals surface area (Å²) in [5.74, 6) is 0.0492. The van der Waals surface area contributed by atoms with Crippen LogP contribution in [0.5, 0.6) is 0 Å². The molecule has 0 radical (unpaired) electrons. The molecule has 0 atom stereocenters. The molecule has 1 amide bonds. The van der Waals surface area contributed by atoms with Crippen LogP contribution in [0.2, 0.25) is 0 Å². The lowest BCUT2D eigenvalue weighted by Crippen LogP contribution is -2.36. The van der Waals surface area contributed by atoms with E-state index in [9.17, 15) is 4.79 Å². The summed E-state index contributed by atoms with van der Waals surface area (Å²) in [6.45, 7) is 6.83. The van der Waals surface area contributed by atoms with Gasteiger partial charge in [-0.25, -0.2) is 0 Å². The molecule has 6 heteroatoms. The van der Waals surface area contributed by atoms with Crippen LogP contribution in [0.4, 0.5) is 0 Å². The van der Waals surface area contributed by atoms with Gasteiger partial charge in [0.05, 0.1) is 6.54 Å². The summed E-state index contributed by atoms with van der Waals surface area (Å²) in [4.78, 5) is 16.1. The largest absolute Gasteiger partial charge is 0.331 e. The Morgan fingerprint density at radius 3 is 2.38 bits per heavy atom. The Morgan fingerprint density at radius 2 is 1.83 bits per heavy atom. The van der Waals surface area contributed by atoms with Crippen molar-refractivity contribution in [3.63, 3.8) is 0 Å². The minimum absolute atomic E-state index is 0.0492. The van der Waals surface area contributed by atoms with E-state index >= 15 is 0 Å². The average Bonchev–Trinajstić information content (AvgIpc) is 3.24. The minimum atomic E-state index is 0.0492. The van der Waals surface area contributed by atoms with Gasteiger partial charge < -0.3 is 4.90 Å². The van der Waals surface area contributed by atoms with E-state index in [1.165, 1.54) is 10.4 Å². The molecule has 24 heavy (non-hydrogen) atoms. The van der Waals surface area contributed by atoms with E-state index in [0.29, 0.717) is 12.1 Å². The Morgan fingerprint density at radius 1 is 1.17 bits per heavy atom. The van der Waals surface area contributed by atoms with E-state index < -0.39 is 0 Å². The predicted molar refractivity (Wildman–Crippen MR) is 95.4 cm³/mol. The van der Waals surface area contributed by atoms with Gasteiger partial charge >= 0.3 is 0 Å². The first-order valence-electron chi connectivity index (χ1n) is 7.85. The van der Waals surface area contributed by atoms with Crippen molar-refractivity contribution in [2.75, 3.05) is 0 Å². The highest BCUT2D eigenvalue weighted by Crippen LogP contribution is 2.21. The van der Waals surface area contributed by atoms with Gasteiger partial charge in [-0.2, -0.15) is 0 Å². The third-order valence-electron chi connectivity index (χ3n) is 4.00. The van der Waals surface area contributed by atoms with Crippen molar-refractivity contribution in [3.05, 3.63) is 64.4 Å². The molecule has 2 aromatic heterocycles. The quantitative estimate of drug-likeness (QED) is 0.712. The van der Waals surface area contributed by atoms with Gasteiger partial charge in [-0.15, -0.1) is 21.5 Å². The van der Waals surface area contributed by atoms with Crippen LogP contribution in [0.1, 0.15) is 34.6 Å². The lowest BCUT2D eigenvalue weighted by Gasteiger charge is -2.27. The zero-order valence-corrected chi connectivity index (χ0v) is 14.8. The fourth-order valence-corrected chi connectivity index (χ4v) is 3.39. The van der Waals surface area contributed by atoms with E-state index in [4.69, 9.17) is 0 Å². The lowest BCUT2D eigenvalue weighted by atomic mass is 10.1. The molecular formula is C18H20N4OS. The number of carbonyl (C=O) groups is 1. The first kappa shape index (κ1) is 16.4. The Labute approximate surface area is 145 Å². The molecule has 1 aromatic carbocycles. The lowest BCUT2D eigenvalue weighted by molar-refractivity contribution is 0.0692. The van der Waals surface area contributed by atoms with Gasteiger partial charge in [0, 0.05) is 22.2 Å². The molecule has 5 nitrogen and oxygen atoms in total. The number of nitrogens with zero attached hydrogens (tertiary/aromatic N) is 4. The fourth-order valence-electron chi connectivity index (χ4n) is 2.49. The van der Waals surface area contributed by atoms with Gasteiger partial charge in [-0.1, -0.05) is 0 Å². The molecule has 0 fully saturated rings. The number of aryl methyl sites for hydroxylation is 1. The van der Waals surface area contributed by atoms with Crippen LogP contribution in [0.3, 0.4) is 0 Å². The van der Waals surface area contributed by atoms with E-state index in [1.807, 2.05) is 47.6 Å². The normalized spacial score (nSPS) is 11.0. The van der Waals surface area contributed by atoms with Crippen molar-refractivity contribution in [2.45, 2.75) is 33.4 Å². The van der Waals surface area contributed by atoms with Crippen molar-refractivity contribution < 1.29 is 4.79 Å². The van der Waals surface area contributed by atoms with E-state index in [2.05, 4.69) is 28.6 Å². The summed E-state index contributed by atoms with van der Waals surface area (Å²) >= 11 is 1.70. The second-order valence-corrected chi connectivity index (χ2v) is 6.97. The topological polar surface area (TPSA) is 51.0 Å². The van der Waals surface area contributed by atoms with Crippen LogP contribution >= 0.6 is 11.3 Å². The highest BCUT2D eigenvalue weighted by Gasteiger charge is 2.20. The van der Waals surface area contributed by atoms with Gasteiger partial charge in [-0.05, 0) is 62.0 Å². The summed E-state index contributed by atoms with van der Waals surface area (Å²) < 4.78 is 1.81. The van der Waals surface area contributed by atoms with Crippen molar-refractivity contribution in [2.24, 2.45) is 0 Å². The molecule has 0 saturated carbocycles. The standard InChI is InChI=1S/C18H20N4OS/c1-13(2)22(10-17-14(3)8-9-24-17)18(23)15-4-6-16(7-5-15)21-11-19-20-12-21/h4-9,11-13H,10H2,1-3H3. The number of thiophene rings is 1. The van der Waals surface area contributed by atoms with Gasteiger partial charge in [0.25, 0.3) is 5.91 Å². The highest BCUT2D eigenvalue weighted by atomic mass is 32.1. The van der Waals surface area contributed by atoms with Crippen molar-refractivity contribution >= 4 is 17.2 Å². The summed E-state index contributed by atoms with van der Waals surface area (Å²) in [5.41, 5.74) is 2.86. The van der Waals surface area contributed by atoms with Crippen LogP contribution in [-0.2, 0) is 6.54 Å². The molecule has 0 aliphatic carbocycles. The molecule has 124 valence electrons. The summed E-state index contributed by atoms with van der Waals surface area (Å²) in [7, 11) is 0. The van der Waals surface area contributed by atoms with Crippen LogP contribution in [0.15, 0.2) is 48.4 Å². The number of aromatic nitrogens is 3. The zero-order valence-electron chi connectivity index (χ0n) is 14.0. The maximum atomic E-state index is 12.9. The van der Waals surface area contributed by atoms with Crippen molar-refractivity contribution in [1.29, 1.82) is 0 Å². The highest BCUT2D eigenvalue weighted by molar-refractivity contribution is 7.10. The SMILES string of the molecule is Cc1ccsc1CN(C(=O)c1ccc(-n2cnnc2)cc1)C(C)C. The molecule has 0 aliphatic heterocycles. The van der Waals surface area contributed by atoms with Gasteiger partial charge in [0.2, 0.25) is 0 Å². The number of amides is 1. The molecule has 0 spiro atoms. The summed E-state index contributed by atoms with van der Waals surface area (Å²) in [5, 5.41) is 9.66. The molecular weight excluding hydrogens is 320 g/mol. The second-order valence-electron chi connectivity index (χ2n) is 5.97. The second kappa shape index (κ2) is 6.97. The van der Waals surface area contributed by atoms with Gasteiger partial charge in [0.1, 0.15) is 12.7 Å². The van der Waals surface area contributed by atoms with Crippen LogP contribution in [0, 0.1) is 6.92 Å². The average molecular weight is 340 g/mol. The molecule has 0 N–H and O–H groups in total. The van der Waals surface area contributed by atoms with Crippen molar-refractivity contribution in [3.8, 4) is 5.69 Å². The minimum Gasteiger partial charge on any atom is -0.331 e. The van der Waals surface area contributed by atoms with Gasteiger partial charge in [-0.3, -0.25) is 9.36 Å². The maximum Gasteiger partial charge on any atom is 0.254 e. The third kappa shape index (κ3) is 3.38. The number of carbonyl (C=O) groups excluding carboxylic acids is 1. The number of hydrogen-bond acceptors (Lipinski definition) is 4. The van der Waals surface area contributed by atoms with Crippen LogP contribution in [0.25, 0.3) is 5.69 Å². The Balaban J connectivity index is 1.81. The van der Waals surface area contributed by atoms with E-state index in [-0.39, 0.29) is 11.9 Å². The fraction of sp³-hybridized carbons (Fsp3) is 0.278.